The van der Waals surface area contributed by atoms with Crippen LogP contribution in [0.3, 0.4) is 0 Å². The second kappa shape index (κ2) is 5.01. The molecular formula is C10H9IO2. The van der Waals surface area contributed by atoms with Crippen LogP contribution in [0.2, 0.25) is 0 Å². The zero-order valence-electron chi connectivity index (χ0n) is 7.16. The number of ether oxygens (including phenoxy) is 1. The van der Waals surface area contributed by atoms with Crippen molar-refractivity contribution in [2.24, 2.45) is 0 Å². The van der Waals surface area contributed by atoms with Crippen molar-refractivity contribution in [3.63, 3.8) is 0 Å². The molecule has 2 nitrogen and oxygen atoms in total. The molecular weight excluding hydrogens is 279 g/mol. The fourth-order valence-electron chi connectivity index (χ4n) is 0.953. The van der Waals surface area contributed by atoms with Gasteiger partial charge in [0.05, 0.1) is 12.7 Å². The van der Waals surface area contributed by atoms with Crippen molar-refractivity contribution in [3.05, 3.63) is 40.0 Å². The van der Waals surface area contributed by atoms with Crippen molar-refractivity contribution in [3.8, 4) is 0 Å². The first-order chi connectivity index (χ1) is 6.29. The Labute approximate surface area is 90.7 Å². The molecule has 0 amide bonds. The van der Waals surface area contributed by atoms with E-state index in [1.807, 2.05) is 52.9 Å². The van der Waals surface area contributed by atoms with Gasteiger partial charge in [-0.1, -0.05) is 52.9 Å². The predicted octanol–water partition coefficient (Wildman–Crippen LogP) is 2.64. The Balaban J connectivity index is 3.00. The standard InChI is InChI=1S/C10H9IO2/c1-13-10(12)9(7-11)8-5-3-2-4-6-8/h2-7H,1H3. The Morgan fingerprint density at radius 3 is 2.46 bits per heavy atom. The van der Waals surface area contributed by atoms with E-state index in [1.165, 1.54) is 7.11 Å². The lowest BCUT2D eigenvalue weighted by molar-refractivity contribution is -0.133. The minimum Gasteiger partial charge on any atom is -0.465 e. The van der Waals surface area contributed by atoms with Crippen LogP contribution < -0.4 is 0 Å². The molecule has 3 heteroatoms. The molecule has 0 bridgehead atoms. The number of halogens is 1. The van der Waals surface area contributed by atoms with Crippen molar-refractivity contribution in [2.45, 2.75) is 0 Å². The molecule has 0 aliphatic heterocycles. The lowest BCUT2D eigenvalue weighted by Gasteiger charge is -2.03. The number of hydrogen-bond donors (Lipinski definition) is 0. The van der Waals surface area contributed by atoms with E-state index in [1.54, 1.807) is 4.08 Å². The Hall–Kier alpha value is -0.840. The summed E-state index contributed by atoms with van der Waals surface area (Å²) in [4.78, 5) is 11.2. The van der Waals surface area contributed by atoms with Crippen LogP contribution in [0, 0.1) is 0 Å². The third-order valence-corrected chi connectivity index (χ3v) is 2.22. The Morgan fingerprint density at radius 1 is 1.38 bits per heavy atom. The molecule has 0 fully saturated rings. The van der Waals surface area contributed by atoms with Gasteiger partial charge in [-0.2, -0.15) is 0 Å². The minimum absolute atomic E-state index is 0.305. The molecule has 0 saturated carbocycles. The summed E-state index contributed by atoms with van der Waals surface area (Å²) in [5.41, 5.74) is 1.47. The fourth-order valence-corrected chi connectivity index (χ4v) is 1.57. The molecule has 68 valence electrons. The smallest absolute Gasteiger partial charge is 0.338 e. The highest BCUT2D eigenvalue weighted by Gasteiger charge is 2.10. The van der Waals surface area contributed by atoms with Crippen LogP contribution in [0.15, 0.2) is 34.4 Å². The maximum absolute atomic E-state index is 11.2. The third kappa shape index (κ3) is 2.55. The first-order valence-corrected chi connectivity index (χ1v) is 4.98. The molecule has 13 heavy (non-hydrogen) atoms. The van der Waals surface area contributed by atoms with E-state index in [0.29, 0.717) is 5.57 Å². The number of carbonyl (C=O) groups excluding carboxylic acids is 1. The summed E-state index contributed by atoms with van der Waals surface area (Å²) in [6.45, 7) is 0. The largest absolute Gasteiger partial charge is 0.465 e. The monoisotopic (exact) mass is 288 g/mol. The molecule has 0 aliphatic carbocycles. The van der Waals surface area contributed by atoms with E-state index in [4.69, 9.17) is 0 Å². The lowest BCUT2D eigenvalue weighted by Crippen LogP contribution is -2.02. The van der Waals surface area contributed by atoms with Crippen LogP contribution in [-0.4, -0.2) is 13.1 Å². The number of esters is 1. The van der Waals surface area contributed by atoms with Crippen LogP contribution in [-0.2, 0) is 9.53 Å². The van der Waals surface area contributed by atoms with Gasteiger partial charge < -0.3 is 4.74 Å². The first kappa shape index (κ1) is 10.2. The topological polar surface area (TPSA) is 26.3 Å². The van der Waals surface area contributed by atoms with E-state index in [-0.39, 0.29) is 5.97 Å². The van der Waals surface area contributed by atoms with E-state index >= 15 is 0 Å². The predicted molar refractivity (Wildman–Crippen MR) is 60.5 cm³/mol. The zero-order valence-corrected chi connectivity index (χ0v) is 9.32. The summed E-state index contributed by atoms with van der Waals surface area (Å²) in [5, 5.41) is 0. The van der Waals surface area contributed by atoms with Gasteiger partial charge in [0.15, 0.2) is 0 Å². The molecule has 1 aromatic rings. The van der Waals surface area contributed by atoms with Crippen molar-refractivity contribution >= 4 is 34.1 Å². The summed E-state index contributed by atoms with van der Waals surface area (Å²) >= 11 is 2.03. The van der Waals surface area contributed by atoms with Gasteiger partial charge in [-0.3, -0.25) is 0 Å². The molecule has 0 unspecified atom stereocenters. The molecule has 0 atom stereocenters. The summed E-state index contributed by atoms with van der Waals surface area (Å²) in [6, 6.07) is 9.44. The van der Waals surface area contributed by atoms with E-state index in [2.05, 4.69) is 4.74 Å². The van der Waals surface area contributed by atoms with Crippen LogP contribution in [0.1, 0.15) is 5.56 Å². The molecule has 0 aromatic heterocycles. The maximum Gasteiger partial charge on any atom is 0.338 e. The quantitative estimate of drug-likeness (QED) is 0.475. The van der Waals surface area contributed by atoms with Gasteiger partial charge in [0.1, 0.15) is 0 Å². The van der Waals surface area contributed by atoms with Crippen molar-refractivity contribution < 1.29 is 9.53 Å². The average molecular weight is 288 g/mol. The van der Waals surface area contributed by atoms with Gasteiger partial charge >= 0.3 is 5.97 Å². The molecule has 0 radical (unpaired) electrons. The summed E-state index contributed by atoms with van der Waals surface area (Å²) in [5.74, 6) is -0.305. The fraction of sp³-hybridized carbons (Fsp3) is 0.100. The molecule has 1 aromatic carbocycles. The van der Waals surface area contributed by atoms with Crippen LogP contribution >= 0.6 is 22.6 Å². The Bertz CT molecular complexity index is 317. The number of hydrogen-bond acceptors (Lipinski definition) is 2. The maximum atomic E-state index is 11.2. The number of rotatable bonds is 2. The third-order valence-electron chi connectivity index (χ3n) is 1.60. The minimum atomic E-state index is -0.305. The Kier molecular flexibility index (Phi) is 3.95. The van der Waals surface area contributed by atoms with Crippen LogP contribution in [0.5, 0.6) is 0 Å². The molecule has 0 aliphatic rings. The van der Waals surface area contributed by atoms with E-state index in [0.717, 1.165) is 5.56 Å². The average Bonchev–Trinajstić information content (AvgIpc) is 2.20. The van der Waals surface area contributed by atoms with Gasteiger partial charge in [0, 0.05) is 0 Å². The normalized spacial score (nSPS) is 11.1. The van der Waals surface area contributed by atoms with E-state index < -0.39 is 0 Å². The first-order valence-electron chi connectivity index (χ1n) is 3.73. The highest BCUT2D eigenvalue weighted by atomic mass is 127. The van der Waals surface area contributed by atoms with Crippen molar-refractivity contribution in [1.82, 2.24) is 0 Å². The highest BCUT2D eigenvalue weighted by Crippen LogP contribution is 2.16. The van der Waals surface area contributed by atoms with Gasteiger partial charge in [0.2, 0.25) is 0 Å². The molecule has 0 heterocycles. The van der Waals surface area contributed by atoms with Gasteiger partial charge in [-0.25, -0.2) is 4.79 Å². The molecule has 0 saturated heterocycles. The van der Waals surface area contributed by atoms with Crippen LogP contribution in [0.4, 0.5) is 0 Å². The van der Waals surface area contributed by atoms with Crippen LogP contribution in [0.25, 0.3) is 5.57 Å². The lowest BCUT2D eigenvalue weighted by atomic mass is 10.1. The SMILES string of the molecule is COC(=O)C(=CI)c1ccccc1. The second-order valence-electron chi connectivity index (χ2n) is 2.38. The number of carbonyl (C=O) groups is 1. The number of benzene rings is 1. The second-order valence-corrected chi connectivity index (χ2v) is 3.00. The summed E-state index contributed by atoms with van der Waals surface area (Å²) in [7, 11) is 1.38. The van der Waals surface area contributed by atoms with Crippen molar-refractivity contribution in [2.75, 3.05) is 7.11 Å². The summed E-state index contributed by atoms with van der Waals surface area (Å²) in [6.07, 6.45) is 0. The van der Waals surface area contributed by atoms with Gasteiger partial charge in [0.25, 0.3) is 0 Å². The zero-order chi connectivity index (χ0) is 9.68. The number of methoxy groups -OCH3 is 1. The van der Waals surface area contributed by atoms with E-state index in [9.17, 15) is 4.79 Å². The Morgan fingerprint density at radius 2 is 2.00 bits per heavy atom. The highest BCUT2D eigenvalue weighted by molar-refractivity contribution is 14.1. The molecule has 0 spiro atoms. The summed E-state index contributed by atoms with van der Waals surface area (Å²) < 4.78 is 6.37. The van der Waals surface area contributed by atoms with Gasteiger partial charge in [-0.15, -0.1) is 0 Å². The molecule has 1 rings (SSSR count). The van der Waals surface area contributed by atoms with Crippen molar-refractivity contribution in [1.29, 1.82) is 0 Å². The van der Waals surface area contributed by atoms with Gasteiger partial charge in [-0.05, 0) is 9.65 Å². The molecule has 0 N–H and O–H groups in total.